The molecular weight excluding hydrogens is 916 g/mol. The van der Waals surface area contributed by atoms with Gasteiger partial charge in [0.25, 0.3) is 0 Å². The number of imidazole rings is 1. The van der Waals surface area contributed by atoms with Crippen LogP contribution in [0.25, 0.3) is 0 Å². The highest BCUT2D eigenvalue weighted by Crippen LogP contribution is 2.38. The van der Waals surface area contributed by atoms with Crippen molar-refractivity contribution < 1.29 is 77.2 Å². The molecule has 1 aliphatic rings. The number of ether oxygens (including phenoxy) is 2. The number of hydrogen-bond acceptors (Lipinski definition) is 17. The molecule has 1 aromatic rings. The topological polar surface area (TPSA) is 399 Å². The zero-order valence-corrected chi connectivity index (χ0v) is 39.1. The normalized spacial score (nSPS) is 17.2. The molecule has 14 N–H and O–H groups in total. The lowest BCUT2D eigenvalue weighted by Crippen LogP contribution is -2.61. The quantitative estimate of drug-likeness (QED) is 0.0182. The molecule has 0 spiro atoms. The minimum absolute atomic E-state index is 0.0397. The van der Waals surface area contributed by atoms with Crippen LogP contribution < -0.4 is 38.1 Å². The van der Waals surface area contributed by atoms with E-state index in [0.29, 0.717) is 18.5 Å². The number of carbonyl (C=O) groups is 7. The van der Waals surface area contributed by atoms with Crippen LogP contribution in [-0.2, 0) is 65.1 Å². The Labute approximate surface area is 387 Å². The molecule has 0 bridgehead atoms. The maximum atomic E-state index is 14.1. The van der Waals surface area contributed by atoms with Gasteiger partial charge in [-0.3, -0.25) is 38.1 Å². The number of aryl methyl sites for hydroxylation is 1. The van der Waals surface area contributed by atoms with E-state index in [1.54, 1.807) is 18.4 Å². The largest absolute Gasteiger partial charge is 0.469 e. The molecule has 376 valence electrons. The van der Waals surface area contributed by atoms with Crippen molar-refractivity contribution in [2.24, 2.45) is 17.4 Å². The van der Waals surface area contributed by atoms with Gasteiger partial charge in [-0.15, -0.1) is 0 Å². The summed E-state index contributed by atoms with van der Waals surface area (Å²) in [6.45, 7) is 4.33. The maximum Gasteiger partial charge on any atom is 0.469 e. The number of nitrogens with one attached hydrogen (secondary N) is 5. The van der Waals surface area contributed by atoms with Crippen LogP contribution in [0.2, 0.25) is 0 Å². The van der Waals surface area contributed by atoms with E-state index in [1.165, 1.54) is 17.4 Å². The van der Waals surface area contributed by atoms with Gasteiger partial charge in [-0.05, 0) is 38.5 Å². The molecule has 26 nitrogen and oxygen atoms in total. The minimum Gasteiger partial charge on any atom is -0.394 e. The summed E-state index contributed by atoms with van der Waals surface area (Å²) in [6, 6.07) is -8.05. The first-order valence-corrected chi connectivity index (χ1v) is 23.5. The fourth-order valence-corrected chi connectivity index (χ4v) is 7.32. The highest BCUT2D eigenvalue weighted by molar-refractivity contribution is 7.80. The van der Waals surface area contributed by atoms with Gasteiger partial charge in [-0.25, -0.2) is 9.55 Å². The first kappa shape index (κ1) is 57.8. The fourth-order valence-electron chi connectivity index (χ4n) is 6.60. The van der Waals surface area contributed by atoms with Crippen LogP contribution in [-0.4, -0.2) is 188 Å². The van der Waals surface area contributed by atoms with E-state index in [1.807, 2.05) is 0 Å². The number of rotatable bonds is 32. The van der Waals surface area contributed by atoms with E-state index in [9.17, 15) is 63.2 Å². The smallest absolute Gasteiger partial charge is 0.394 e. The summed E-state index contributed by atoms with van der Waals surface area (Å²) in [6.07, 6.45) is 0.679. The predicted octanol–water partition coefficient (Wildman–Crippen LogP) is -5.08. The molecule has 0 saturated carbocycles. The number of likely N-dealkylation sites (tertiary alicyclic amines) is 1. The summed E-state index contributed by atoms with van der Waals surface area (Å²) in [5, 5.41) is 41.7. The Balaban J connectivity index is 2.20. The number of amides is 7. The number of nitrogens with two attached hydrogens (primary N) is 2. The van der Waals surface area contributed by atoms with Gasteiger partial charge in [-0.2, -0.15) is 12.6 Å². The van der Waals surface area contributed by atoms with E-state index in [2.05, 4.69) is 48.7 Å². The van der Waals surface area contributed by atoms with E-state index in [4.69, 9.17) is 20.9 Å². The number of thiol groups is 1. The van der Waals surface area contributed by atoms with Crippen molar-refractivity contribution in [1.82, 2.24) is 41.0 Å². The molecule has 0 aliphatic carbocycles. The van der Waals surface area contributed by atoms with Crippen LogP contribution in [0.1, 0.15) is 58.6 Å². The number of nitrogens with zero attached hydrogens (tertiary/aromatic N) is 3. The third-order valence-electron chi connectivity index (χ3n) is 10.1. The Hall–Kier alpha value is -4.28. The van der Waals surface area contributed by atoms with E-state index < -0.39 is 99.0 Å². The standard InChI is InChI=1S/C38H67N10O16PS/c1-22(2)15-27(44-38(58)30-5-4-9-48(30)31(52)7-11-62-13-14-63-12-8-42-34(54)26(39)20-66)35(55)43-28(16-24-17-41-21-47(24)10-6-25(51)18-49)36(56)45-29(19-50)37(57)46-32(33(40)53)23(3)64-65(59,60)61/h17,21-23,25-30,32,49-51,66H,4-16,18-20,39H2,1-3H3,(H2,40,53)(H,42,54)(H,43,55)(H,44,58)(H,45,56)(H,46,57)(H2,59,60,61)/t23-,25+,26+,27+,28+,29+,30+,32+/m1/s1. The Morgan fingerprint density at radius 3 is 2.15 bits per heavy atom. The van der Waals surface area contributed by atoms with Gasteiger partial charge in [0.15, 0.2) is 0 Å². The number of carbonyl (C=O) groups excluding carboxylic acids is 7. The Morgan fingerprint density at radius 2 is 1.55 bits per heavy atom. The monoisotopic (exact) mass is 982 g/mol. The maximum absolute atomic E-state index is 14.1. The zero-order chi connectivity index (χ0) is 49.6. The second-order valence-corrected chi connectivity index (χ2v) is 17.5. The second-order valence-electron chi connectivity index (χ2n) is 15.9. The van der Waals surface area contributed by atoms with Crippen molar-refractivity contribution in [2.75, 3.05) is 58.5 Å². The molecule has 0 unspecified atom stereocenters. The lowest BCUT2D eigenvalue weighted by Gasteiger charge is -2.29. The molecule has 2 rings (SSSR count). The van der Waals surface area contributed by atoms with Gasteiger partial charge in [0.2, 0.25) is 41.4 Å². The summed E-state index contributed by atoms with van der Waals surface area (Å²) in [7, 11) is -5.15. The lowest BCUT2D eigenvalue weighted by atomic mass is 10.0. The van der Waals surface area contributed by atoms with Crippen LogP contribution in [0.15, 0.2) is 12.5 Å². The number of aliphatic hydroxyl groups excluding tert-OH is 3. The summed E-state index contributed by atoms with van der Waals surface area (Å²) >= 11 is 3.97. The Morgan fingerprint density at radius 1 is 0.909 bits per heavy atom. The van der Waals surface area contributed by atoms with Crippen LogP contribution in [0.3, 0.4) is 0 Å². The van der Waals surface area contributed by atoms with Gasteiger partial charge in [0.05, 0.1) is 70.6 Å². The third-order valence-corrected chi connectivity index (χ3v) is 11.1. The summed E-state index contributed by atoms with van der Waals surface area (Å²) < 4.78 is 28.3. The number of primary amides is 1. The van der Waals surface area contributed by atoms with Gasteiger partial charge in [0.1, 0.15) is 30.2 Å². The van der Waals surface area contributed by atoms with Gasteiger partial charge < -0.3 is 82.1 Å². The summed E-state index contributed by atoms with van der Waals surface area (Å²) in [5.74, 6) is -5.62. The van der Waals surface area contributed by atoms with Crippen LogP contribution in [0.5, 0.6) is 0 Å². The Bertz CT molecular complexity index is 1790. The second kappa shape index (κ2) is 29.5. The highest BCUT2D eigenvalue weighted by atomic mass is 32.1. The van der Waals surface area contributed by atoms with Crippen LogP contribution in [0.4, 0.5) is 0 Å². The predicted molar refractivity (Wildman–Crippen MR) is 236 cm³/mol. The number of aliphatic hydroxyl groups is 3. The average Bonchev–Trinajstić information content (AvgIpc) is 3.94. The van der Waals surface area contributed by atoms with E-state index in [-0.39, 0.29) is 95.2 Å². The first-order chi connectivity index (χ1) is 31.1. The minimum atomic E-state index is -5.15. The summed E-state index contributed by atoms with van der Waals surface area (Å²) in [4.78, 5) is 116. The van der Waals surface area contributed by atoms with Gasteiger partial charge in [-0.1, -0.05) is 13.8 Å². The zero-order valence-electron chi connectivity index (χ0n) is 37.3. The van der Waals surface area contributed by atoms with Crippen molar-refractivity contribution in [3.8, 4) is 0 Å². The van der Waals surface area contributed by atoms with Crippen LogP contribution in [0, 0.1) is 5.92 Å². The molecule has 0 radical (unpaired) electrons. The average molecular weight is 983 g/mol. The van der Waals surface area contributed by atoms with Gasteiger partial charge >= 0.3 is 7.82 Å². The molecule has 8 atom stereocenters. The van der Waals surface area contributed by atoms with Crippen molar-refractivity contribution in [3.63, 3.8) is 0 Å². The molecule has 7 amide bonds. The molecule has 1 saturated heterocycles. The molecule has 1 fully saturated rings. The lowest BCUT2D eigenvalue weighted by molar-refractivity contribution is -0.140. The number of phosphoric ester groups is 1. The number of aromatic nitrogens is 2. The SMILES string of the molecule is CC(C)C[C@H](NC(=O)[C@@H]1CCCN1C(=O)CCOCCOCCNC(=O)[C@@H](N)CS)C(=O)N[C@@H](Cc1cncn1CC[C@H](O)CO)C(=O)N[C@@H](CO)C(=O)N[C@H](C(N)=O)[C@@H](C)OP(=O)(O)O. The Kier molecular flexibility index (Phi) is 25.8. The van der Waals surface area contributed by atoms with Crippen molar-refractivity contribution >= 4 is 61.8 Å². The third kappa shape index (κ3) is 20.7. The van der Waals surface area contributed by atoms with E-state index >= 15 is 0 Å². The number of phosphoric acid groups is 1. The van der Waals surface area contributed by atoms with Crippen LogP contribution >= 0.6 is 20.5 Å². The molecule has 0 aromatic carbocycles. The molecular formula is C38H67N10O16PS. The molecule has 66 heavy (non-hydrogen) atoms. The molecule has 1 aromatic heterocycles. The molecule has 2 heterocycles. The van der Waals surface area contributed by atoms with Crippen molar-refractivity contribution in [2.45, 2.75) is 114 Å². The van der Waals surface area contributed by atoms with Gasteiger partial charge in [0, 0.05) is 43.7 Å². The number of hydrogen-bond donors (Lipinski definition) is 13. The highest BCUT2D eigenvalue weighted by Gasteiger charge is 2.38. The van der Waals surface area contributed by atoms with Crippen molar-refractivity contribution in [3.05, 3.63) is 18.2 Å². The molecule has 28 heteroatoms. The van der Waals surface area contributed by atoms with E-state index in [0.717, 1.165) is 6.92 Å². The molecule has 1 aliphatic heterocycles. The first-order valence-electron chi connectivity index (χ1n) is 21.3. The fraction of sp³-hybridized carbons (Fsp3) is 0.737. The summed E-state index contributed by atoms with van der Waals surface area (Å²) in [5.41, 5.74) is 11.3. The van der Waals surface area contributed by atoms with Crippen molar-refractivity contribution in [1.29, 1.82) is 0 Å².